The van der Waals surface area contributed by atoms with Gasteiger partial charge in [0.05, 0.1) is 0 Å². The van der Waals surface area contributed by atoms with Crippen LogP contribution in [0.4, 0.5) is 5.69 Å². The highest BCUT2D eigenvalue weighted by Crippen LogP contribution is 2.36. The fourth-order valence-electron chi connectivity index (χ4n) is 4.44. The van der Waals surface area contributed by atoms with E-state index in [0.717, 1.165) is 39.3 Å². The number of piperazine rings is 1. The zero-order valence-electron chi connectivity index (χ0n) is 15.2. The Hall–Kier alpha value is -1.88. The van der Waals surface area contributed by atoms with Crippen molar-refractivity contribution >= 4 is 27.1 Å². The number of likely N-dealkylation sites (N-methyl/N-ethyl adjacent to an activating group) is 1. The molecule has 1 saturated heterocycles. The maximum absolute atomic E-state index is 3.45. The summed E-state index contributed by atoms with van der Waals surface area (Å²) >= 11 is 1.83. The van der Waals surface area contributed by atoms with Gasteiger partial charge in [-0.3, -0.25) is 0 Å². The van der Waals surface area contributed by atoms with Crippen LogP contribution in [0.5, 0.6) is 0 Å². The largest absolute Gasteiger partial charge is 0.369 e. The quantitative estimate of drug-likeness (QED) is 0.745. The molecule has 134 valence electrons. The number of nitrogens with one attached hydrogen (secondary N) is 1. The maximum Gasteiger partial charge on any atom is 0.0370 e. The first-order valence-corrected chi connectivity index (χ1v) is 10.4. The summed E-state index contributed by atoms with van der Waals surface area (Å²) in [5.41, 5.74) is 5.83. The molecule has 5 rings (SSSR count). The SMILES string of the molecule is CN1Cc2cc(N3CCNCC3)ccc2C(c2ccc3sccc3c2)C1. The number of hydrogen-bond donors (Lipinski definition) is 1. The number of hydrogen-bond acceptors (Lipinski definition) is 4. The molecule has 0 aliphatic carbocycles. The molecule has 1 N–H and O–H groups in total. The summed E-state index contributed by atoms with van der Waals surface area (Å²) in [6.45, 7) is 6.52. The van der Waals surface area contributed by atoms with E-state index < -0.39 is 0 Å². The van der Waals surface area contributed by atoms with Crippen molar-refractivity contribution in [1.29, 1.82) is 0 Å². The number of fused-ring (bicyclic) bond motifs is 2. The molecule has 0 saturated carbocycles. The summed E-state index contributed by atoms with van der Waals surface area (Å²) in [5.74, 6) is 0.463. The summed E-state index contributed by atoms with van der Waals surface area (Å²) in [4.78, 5) is 4.98. The van der Waals surface area contributed by atoms with Crippen LogP contribution in [0.1, 0.15) is 22.6 Å². The maximum atomic E-state index is 3.45. The second-order valence-corrected chi connectivity index (χ2v) is 8.54. The normalized spacial score (nSPS) is 21.1. The van der Waals surface area contributed by atoms with Crippen molar-refractivity contribution in [1.82, 2.24) is 10.2 Å². The van der Waals surface area contributed by atoms with Gasteiger partial charge in [-0.15, -0.1) is 11.3 Å². The fourth-order valence-corrected chi connectivity index (χ4v) is 5.21. The lowest BCUT2D eigenvalue weighted by Gasteiger charge is -2.35. The van der Waals surface area contributed by atoms with Gasteiger partial charge in [0, 0.05) is 55.6 Å². The van der Waals surface area contributed by atoms with Crippen LogP contribution in [0, 0.1) is 0 Å². The molecule has 1 fully saturated rings. The summed E-state index contributed by atoms with van der Waals surface area (Å²) in [7, 11) is 2.25. The Labute approximate surface area is 159 Å². The molecule has 4 heteroatoms. The van der Waals surface area contributed by atoms with Crippen molar-refractivity contribution in [2.75, 3.05) is 44.7 Å². The van der Waals surface area contributed by atoms with Crippen molar-refractivity contribution in [3.8, 4) is 0 Å². The molecule has 2 aromatic carbocycles. The van der Waals surface area contributed by atoms with E-state index in [1.165, 1.54) is 32.5 Å². The molecule has 0 radical (unpaired) electrons. The lowest BCUT2D eigenvalue weighted by molar-refractivity contribution is 0.295. The van der Waals surface area contributed by atoms with E-state index in [2.05, 4.69) is 70.0 Å². The predicted molar refractivity (Wildman–Crippen MR) is 112 cm³/mol. The molecule has 1 atom stereocenters. The van der Waals surface area contributed by atoms with Gasteiger partial charge in [0.25, 0.3) is 0 Å². The van der Waals surface area contributed by atoms with Gasteiger partial charge in [-0.1, -0.05) is 12.1 Å². The first kappa shape index (κ1) is 16.3. The molecule has 0 bridgehead atoms. The Kier molecular flexibility index (Phi) is 4.20. The van der Waals surface area contributed by atoms with Gasteiger partial charge in [-0.25, -0.2) is 0 Å². The van der Waals surface area contributed by atoms with Crippen LogP contribution in [0.2, 0.25) is 0 Å². The highest BCUT2D eigenvalue weighted by Gasteiger charge is 2.26. The molecular weight excluding hydrogens is 338 g/mol. The molecule has 2 aliphatic rings. The summed E-state index contributed by atoms with van der Waals surface area (Å²) in [5, 5.41) is 7.01. The third-order valence-electron chi connectivity index (χ3n) is 5.80. The highest BCUT2D eigenvalue weighted by atomic mass is 32.1. The molecule has 0 spiro atoms. The summed E-state index contributed by atoms with van der Waals surface area (Å²) < 4.78 is 1.38. The van der Waals surface area contributed by atoms with Crippen LogP contribution in [0.3, 0.4) is 0 Å². The van der Waals surface area contributed by atoms with E-state index in [-0.39, 0.29) is 0 Å². The van der Waals surface area contributed by atoms with E-state index in [4.69, 9.17) is 0 Å². The third-order valence-corrected chi connectivity index (χ3v) is 6.70. The van der Waals surface area contributed by atoms with Gasteiger partial charge >= 0.3 is 0 Å². The average Bonchev–Trinajstić information content (AvgIpc) is 3.15. The van der Waals surface area contributed by atoms with Crippen LogP contribution >= 0.6 is 11.3 Å². The smallest absolute Gasteiger partial charge is 0.0370 e. The van der Waals surface area contributed by atoms with E-state index in [0.29, 0.717) is 5.92 Å². The predicted octanol–water partition coefficient (Wildman–Crippen LogP) is 3.89. The second kappa shape index (κ2) is 6.69. The zero-order valence-corrected chi connectivity index (χ0v) is 16.1. The molecule has 26 heavy (non-hydrogen) atoms. The first-order valence-electron chi connectivity index (χ1n) is 9.52. The third kappa shape index (κ3) is 2.92. The van der Waals surface area contributed by atoms with E-state index in [1.807, 2.05) is 11.3 Å². The minimum atomic E-state index is 0.463. The molecule has 1 aromatic heterocycles. The minimum Gasteiger partial charge on any atom is -0.369 e. The van der Waals surface area contributed by atoms with Gasteiger partial charge in [-0.05, 0) is 64.8 Å². The molecule has 3 aromatic rings. The molecule has 3 heterocycles. The van der Waals surface area contributed by atoms with E-state index in [9.17, 15) is 0 Å². The van der Waals surface area contributed by atoms with Crippen molar-refractivity contribution in [2.24, 2.45) is 0 Å². The fraction of sp³-hybridized carbons (Fsp3) is 0.364. The lowest BCUT2D eigenvalue weighted by Crippen LogP contribution is -2.43. The van der Waals surface area contributed by atoms with Gasteiger partial charge in [-0.2, -0.15) is 0 Å². The average molecular weight is 364 g/mol. The second-order valence-electron chi connectivity index (χ2n) is 7.59. The number of nitrogens with zero attached hydrogens (tertiary/aromatic N) is 2. The Morgan fingerprint density at radius 3 is 2.81 bits per heavy atom. The first-order chi connectivity index (χ1) is 12.8. The van der Waals surface area contributed by atoms with Gasteiger partial charge in [0.15, 0.2) is 0 Å². The summed E-state index contributed by atoms with van der Waals surface area (Å²) in [6, 6.07) is 16.4. The van der Waals surface area contributed by atoms with Gasteiger partial charge < -0.3 is 15.1 Å². The Balaban J connectivity index is 1.52. The van der Waals surface area contributed by atoms with E-state index in [1.54, 1.807) is 0 Å². The Morgan fingerprint density at radius 1 is 1.04 bits per heavy atom. The topological polar surface area (TPSA) is 18.5 Å². The van der Waals surface area contributed by atoms with Crippen molar-refractivity contribution in [2.45, 2.75) is 12.5 Å². The van der Waals surface area contributed by atoms with Gasteiger partial charge in [0.2, 0.25) is 0 Å². The lowest BCUT2D eigenvalue weighted by atomic mass is 9.84. The van der Waals surface area contributed by atoms with Gasteiger partial charge in [0.1, 0.15) is 0 Å². The standard InChI is InChI=1S/C22H25N3S/c1-24-14-18-13-19(25-9-7-23-8-10-25)3-4-20(18)21(15-24)16-2-5-22-17(12-16)6-11-26-22/h2-6,11-13,21,23H,7-10,14-15H2,1H3. The highest BCUT2D eigenvalue weighted by molar-refractivity contribution is 7.17. The Bertz CT molecular complexity index is 926. The number of benzene rings is 2. The monoisotopic (exact) mass is 363 g/mol. The Morgan fingerprint density at radius 2 is 1.92 bits per heavy atom. The summed E-state index contributed by atoms with van der Waals surface area (Å²) in [6.07, 6.45) is 0. The van der Waals surface area contributed by atoms with E-state index >= 15 is 0 Å². The number of rotatable bonds is 2. The van der Waals surface area contributed by atoms with Crippen LogP contribution in [-0.2, 0) is 6.54 Å². The number of anilines is 1. The molecule has 1 unspecified atom stereocenters. The van der Waals surface area contributed by atoms with Crippen molar-refractivity contribution < 1.29 is 0 Å². The number of thiophene rings is 1. The van der Waals surface area contributed by atoms with Crippen molar-refractivity contribution in [3.63, 3.8) is 0 Å². The molecular formula is C22H25N3S. The minimum absolute atomic E-state index is 0.463. The van der Waals surface area contributed by atoms with Crippen LogP contribution in [-0.4, -0.2) is 44.7 Å². The van der Waals surface area contributed by atoms with Crippen molar-refractivity contribution in [3.05, 3.63) is 64.5 Å². The molecule has 3 nitrogen and oxygen atoms in total. The van der Waals surface area contributed by atoms with Crippen LogP contribution in [0.25, 0.3) is 10.1 Å². The molecule has 0 amide bonds. The van der Waals surface area contributed by atoms with Crippen LogP contribution in [0.15, 0.2) is 47.8 Å². The molecule has 2 aliphatic heterocycles. The van der Waals surface area contributed by atoms with Crippen LogP contribution < -0.4 is 10.2 Å². The zero-order chi connectivity index (χ0) is 17.5.